The smallest absolute Gasteiger partial charge is 0.267 e. The van der Waals surface area contributed by atoms with Crippen LogP contribution in [0.3, 0.4) is 0 Å². The fourth-order valence-corrected chi connectivity index (χ4v) is 1.48. The number of hydrogen-bond donors (Lipinski definition) is 2. The van der Waals surface area contributed by atoms with Crippen molar-refractivity contribution in [3.05, 3.63) is 47.5 Å². The predicted molar refractivity (Wildman–Crippen MR) is 68.4 cm³/mol. The number of benzene rings is 1. The van der Waals surface area contributed by atoms with Crippen molar-refractivity contribution in [2.24, 2.45) is 5.73 Å². The molecule has 5 nitrogen and oxygen atoms in total. The number of amides is 1. The predicted octanol–water partition coefficient (Wildman–Crippen LogP) is 2.00. The molecule has 0 radical (unpaired) electrons. The minimum absolute atomic E-state index is 0.0216. The van der Waals surface area contributed by atoms with Crippen LogP contribution in [0.25, 0.3) is 0 Å². The number of anilines is 1. The number of nitrogens with zero attached hydrogens (tertiary/aromatic N) is 1. The van der Waals surface area contributed by atoms with Gasteiger partial charge in [-0.1, -0.05) is 0 Å². The molecule has 0 unspecified atom stereocenters. The van der Waals surface area contributed by atoms with Gasteiger partial charge in [0.2, 0.25) is 0 Å². The molecule has 19 heavy (non-hydrogen) atoms. The normalized spacial score (nSPS) is 10.2. The van der Waals surface area contributed by atoms with Crippen molar-refractivity contribution in [2.75, 3.05) is 5.73 Å². The van der Waals surface area contributed by atoms with Crippen LogP contribution in [0.4, 0.5) is 10.1 Å². The summed E-state index contributed by atoms with van der Waals surface area (Å²) in [6, 6.07) is 5.50. The molecule has 0 saturated carbocycles. The van der Waals surface area contributed by atoms with Gasteiger partial charge in [0.1, 0.15) is 11.4 Å². The number of hydrogen-bond acceptors (Lipinski definition) is 4. The van der Waals surface area contributed by atoms with E-state index in [-0.39, 0.29) is 17.2 Å². The van der Waals surface area contributed by atoms with Gasteiger partial charge in [-0.25, -0.2) is 4.39 Å². The van der Waals surface area contributed by atoms with Gasteiger partial charge in [-0.15, -0.1) is 0 Å². The average molecular weight is 261 g/mol. The highest BCUT2D eigenvalue weighted by atomic mass is 19.1. The molecule has 0 saturated heterocycles. The first kappa shape index (κ1) is 12.8. The summed E-state index contributed by atoms with van der Waals surface area (Å²) in [5.74, 6) is -0.972. The summed E-state index contributed by atoms with van der Waals surface area (Å²) >= 11 is 0. The molecule has 4 N–H and O–H groups in total. The van der Waals surface area contributed by atoms with Crippen LogP contribution in [0, 0.1) is 12.7 Å². The number of nitrogens with two attached hydrogens (primary N) is 2. The first-order valence-electron chi connectivity index (χ1n) is 5.46. The summed E-state index contributed by atoms with van der Waals surface area (Å²) in [5, 5.41) is 0. The summed E-state index contributed by atoms with van der Waals surface area (Å²) in [6.07, 6.45) is 1.36. The Morgan fingerprint density at radius 1 is 1.37 bits per heavy atom. The van der Waals surface area contributed by atoms with Crippen LogP contribution in [0.1, 0.15) is 16.1 Å². The van der Waals surface area contributed by atoms with Gasteiger partial charge in [0.25, 0.3) is 5.91 Å². The second kappa shape index (κ2) is 4.93. The molecule has 0 spiro atoms. The van der Waals surface area contributed by atoms with Crippen molar-refractivity contribution in [1.29, 1.82) is 0 Å². The number of carbonyl (C=O) groups excluding carboxylic acids is 1. The van der Waals surface area contributed by atoms with Crippen LogP contribution in [0.5, 0.6) is 11.5 Å². The topological polar surface area (TPSA) is 91.2 Å². The molecule has 0 fully saturated rings. The number of halogens is 1. The minimum atomic E-state index is -0.681. The van der Waals surface area contributed by atoms with Crippen LogP contribution >= 0.6 is 0 Å². The molecule has 1 heterocycles. The third-order valence-electron chi connectivity index (χ3n) is 2.53. The van der Waals surface area contributed by atoms with Crippen LogP contribution in [-0.4, -0.2) is 10.9 Å². The number of rotatable bonds is 3. The second-order valence-electron chi connectivity index (χ2n) is 3.98. The monoisotopic (exact) mass is 261 g/mol. The van der Waals surface area contributed by atoms with E-state index in [0.29, 0.717) is 11.3 Å². The highest BCUT2D eigenvalue weighted by Gasteiger charge is 2.09. The van der Waals surface area contributed by atoms with Crippen molar-refractivity contribution in [1.82, 2.24) is 4.98 Å². The Morgan fingerprint density at radius 2 is 2.11 bits per heavy atom. The summed E-state index contributed by atoms with van der Waals surface area (Å²) in [6.45, 7) is 1.74. The maximum Gasteiger partial charge on any atom is 0.267 e. The summed E-state index contributed by atoms with van der Waals surface area (Å²) in [5.41, 5.74) is 11.8. The van der Waals surface area contributed by atoms with E-state index >= 15 is 0 Å². The lowest BCUT2D eigenvalue weighted by Crippen LogP contribution is -2.12. The fourth-order valence-electron chi connectivity index (χ4n) is 1.48. The molecule has 0 atom stereocenters. The lowest BCUT2D eigenvalue weighted by molar-refractivity contribution is 0.0995. The molecule has 2 aromatic rings. The Hall–Kier alpha value is -2.63. The Morgan fingerprint density at radius 3 is 2.79 bits per heavy atom. The van der Waals surface area contributed by atoms with Crippen molar-refractivity contribution in [3.63, 3.8) is 0 Å². The highest BCUT2D eigenvalue weighted by molar-refractivity contribution is 5.91. The lowest BCUT2D eigenvalue weighted by atomic mass is 10.2. The Bertz CT molecular complexity index is 644. The van der Waals surface area contributed by atoms with E-state index in [1.54, 1.807) is 6.92 Å². The zero-order chi connectivity index (χ0) is 14.0. The Kier molecular flexibility index (Phi) is 3.33. The molecule has 0 bridgehead atoms. The Labute approximate surface area is 109 Å². The van der Waals surface area contributed by atoms with Crippen molar-refractivity contribution in [2.45, 2.75) is 6.92 Å². The third-order valence-corrected chi connectivity index (χ3v) is 2.53. The van der Waals surface area contributed by atoms with E-state index in [2.05, 4.69) is 4.98 Å². The van der Waals surface area contributed by atoms with E-state index in [0.717, 1.165) is 0 Å². The van der Waals surface area contributed by atoms with Crippen molar-refractivity contribution in [3.8, 4) is 11.5 Å². The summed E-state index contributed by atoms with van der Waals surface area (Å²) in [7, 11) is 0. The van der Waals surface area contributed by atoms with Gasteiger partial charge in [-0.3, -0.25) is 9.78 Å². The van der Waals surface area contributed by atoms with Gasteiger partial charge in [0.15, 0.2) is 11.6 Å². The third kappa shape index (κ3) is 2.79. The van der Waals surface area contributed by atoms with E-state index < -0.39 is 11.7 Å². The van der Waals surface area contributed by atoms with Crippen molar-refractivity contribution >= 4 is 11.6 Å². The number of ether oxygens (including phenoxy) is 1. The quantitative estimate of drug-likeness (QED) is 0.827. The Balaban J connectivity index is 2.33. The number of aromatic nitrogens is 1. The lowest BCUT2D eigenvalue weighted by Gasteiger charge is -2.09. The molecular formula is C13H12FN3O2. The summed E-state index contributed by atoms with van der Waals surface area (Å²) in [4.78, 5) is 14.8. The van der Waals surface area contributed by atoms with E-state index in [1.165, 1.54) is 30.5 Å². The van der Waals surface area contributed by atoms with E-state index in [9.17, 15) is 9.18 Å². The molecule has 0 aliphatic rings. The fraction of sp³-hybridized carbons (Fsp3) is 0.0769. The zero-order valence-corrected chi connectivity index (χ0v) is 10.2. The number of nitrogen functional groups attached to an aromatic ring is 1. The number of carbonyl (C=O) groups is 1. The highest BCUT2D eigenvalue weighted by Crippen LogP contribution is 2.28. The maximum absolute atomic E-state index is 13.7. The van der Waals surface area contributed by atoms with E-state index in [1.807, 2.05) is 0 Å². The van der Waals surface area contributed by atoms with Gasteiger partial charge in [-0.05, 0) is 24.6 Å². The maximum atomic E-state index is 13.7. The molecular weight excluding hydrogens is 249 g/mol. The van der Waals surface area contributed by atoms with Crippen LogP contribution < -0.4 is 16.2 Å². The van der Waals surface area contributed by atoms with Crippen LogP contribution in [0.15, 0.2) is 30.5 Å². The standard InChI is InChI=1S/C13H12FN3O2/c1-7-4-12(9(14)6-10(7)15)19-8-2-3-17-11(5-8)13(16)18/h2-6H,15H2,1H3,(H2,16,18). The molecule has 2 rings (SSSR count). The molecule has 1 amide bonds. The average Bonchev–Trinajstić information content (AvgIpc) is 2.36. The second-order valence-corrected chi connectivity index (χ2v) is 3.98. The molecule has 0 aliphatic carbocycles. The largest absolute Gasteiger partial charge is 0.454 e. The van der Waals surface area contributed by atoms with Gasteiger partial charge >= 0.3 is 0 Å². The van der Waals surface area contributed by atoms with Crippen molar-refractivity contribution < 1.29 is 13.9 Å². The first-order chi connectivity index (χ1) is 8.97. The number of primary amides is 1. The molecule has 0 aliphatic heterocycles. The number of pyridine rings is 1. The minimum Gasteiger partial charge on any atom is -0.454 e. The zero-order valence-electron chi connectivity index (χ0n) is 10.2. The van der Waals surface area contributed by atoms with Gasteiger partial charge in [0, 0.05) is 24.0 Å². The summed E-state index contributed by atoms with van der Waals surface area (Å²) < 4.78 is 19.0. The molecule has 6 heteroatoms. The van der Waals surface area contributed by atoms with Crippen LogP contribution in [-0.2, 0) is 0 Å². The molecule has 98 valence electrons. The van der Waals surface area contributed by atoms with Gasteiger partial charge < -0.3 is 16.2 Å². The molecule has 1 aromatic carbocycles. The molecule has 1 aromatic heterocycles. The first-order valence-corrected chi connectivity index (χ1v) is 5.46. The van der Waals surface area contributed by atoms with Crippen LogP contribution in [0.2, 0.25) is 0 Å². The van der Waals surface area contributed by atoms with Gasteiger partial charge in [-0.2, -0.15) is 0 Å². The van der Waals surface area contributed by atoms with E-state index in [4.69, 9.17) is 16.2 Å². The van der Waals surface area contributed by atoms with Gasteiger partial charge in [0.05, 0.1) is 0 Å². The number of aryl methyl sites for hydroxylation is 1. The SMILES string of the molecule is Cc1cc(Oc2ccnc(C(N)=O)c2)c(F)cc1N.